The summed E-state index contributed by atoms with van der Waals surface area (Å²) in [6.45, 7) is 0.502. The van der Waals surface area contributed by atoms with Gasteiger partial charge in [-0.05, 0) is 18.4 Å². The molecule has 1 amide bonds. The molecule has 0 radical (unpaired) electrons. The third-order valence-electron chi connectivity index (χ3n) is 2.03. The second-order valence-corrected chi connectivity index (χ2v) is 5.62. The summed E-state index contributed by atoms with van der Waals surface area (Å²) in [5, 5.41) is 2.56. The van der Waals surface area contributed by atoms with E-state index in [1.165, 1.54) is 5.56 Å². The number of aryl methyl sites for hydroxylation is 1. The Morgan fingerprint density at radius 2 is 1.81 bits per heavy atom. The van der Waals surface area contributed by atoms with Gasteiger partial charge in [0.25, 0.3) is 9.70 Å². The summed E-state index contributed by atoms with van der Waals surface area (Å²) >= 11 is 16.2. The molecule has 0 aromatic heterocycles. The number of carbonyl (C=O) groups is 1. The van der Waals surface area contributed by atoms with Crippen LogP contribution in [0.3, 0.4) is 0 Å². The molecular weight excluding hydrogens is 268 g/mol. The van der Waals surface area contributed by atoms with E-state index >= 15 is 0 Å². The molecule has 0 aliphatic rings. The SMILES string of the molecule is O=C(NCCCc1ccccc1)C(Cl)(Cl)Cl. The molecule has 1 N–H and O–H groups in total. The normalized spacial score (nSPS) is 11.2. The van der Waals surface area contributed by atoms with E-state index in [-0.39, 0.29) is 0 Å². The topological polar surface area (TPSA) is 29.1 Å². The first-order valence-electron chi connectivity index (χ1n) is 4.89. The Morgan fingerprint density at radius 3 is 2.38 bits per heavy atom. The first-order valence-corrected chi connectivity index (χ1v) is 6.02. The Labute approximate surface area is 110 Å². The summed E-state index contributed by atoms with van der Waals surface area (Å²) in [4.78, 5) is 11.2. The first kappa shape index (κ1) is 13.6. The summed E-state index contributed by atoms with van der Waals surface area (Å²) in [5.41, 5.74) is 1.23. The number of amides is 1. The lowest BCUT2D eigenvalue weighted by atomic mass is 10.1. The minimum atomic E-state index is -1.87. The summed E-state index contributed by atoms with van der Waals surface area (Å²) < 4.78 is -1.87. The van der Waals surface area contributed by atoms with Crippen LogP contribution in [0.5, 0.6) is 0 Å². The number of benzene rings is 1. The van der Waals surface area contributed by atoms with Crippen LogP contribution in [0.1, 0.15) is 12.0 Å². The average Bonchev–Trinajstić information content (AvgIpc) is 2.24. The molecule has 0 aliphatic heterocycles. The van der Waals surface area contributed by atoms with E-state index in [4.69, 9.17) is 34.8 Å². The van der Waals surface area contributed by atoms with E-state index in [0.29, 0.717) is 6.54 Å². The second-order valence-electron chi connectivity index (χ2n) is 3.34. The van der Waals surface area contributed by atoms with Gasteiger partial charge in [-0.1, -0.05) is 65.1 Å². The van der Waals surface area contributed by atoms with Gasteiger partial charge in [0.1, 0.15) is 0 Å². The van der Waals surface area contributed by atoms with Crippen molar-refractivity contribution in [1.82, 2.24) is 5.32 Å². The fourth-order valence-corrected chi connectivity index (χ4v) is 1.44. The highest BCUT2D eigenvalue weighted by molar-refractivity contribution is 6.76. The summed E-state index contributed by atoms with van der Waals surface area (Å²) in [5.74, 6) is -0.578. The van der Waals surface area contributed by atoms with Gasteiger partial charge in [-0.25, -0.2) is 0 Å². The molecule has 0 unspecified atom stereocenters. The van der Waals surface area contributed by atoms with Gasteiger partial charge in [-0.3, -0.25) is 4.79 Å². The van der Waals surface area contributed by atoms with Crippen molar-refractivity contribution in [2.24, 2.45) is 0 Å². The van der Waals surface area contributed by atoms with Crippen molar-refractivity contribution in [3.05, 3.63) is 35.9 Å². The zero-order chi connectivity index (χ0) is 12.0. The van der Waals surface area contributed by atoms with Gasteiger partial charge in [0, 0.05) is 6.54 Å². The second kappa shape index (κ2) is 6.33. The molecule has 2 nitrogen and oxygen atoms in total. The van der Waals surface area contributed by atoms with Gasteiger partial charge in [0.05, 0.1) is 0 Å². The molecular formula is C11H12Cl3NO. The van der Waals surface area contributed by atoms with Crippen LogP contribution in [0.2, 0.25) is 0 Å². The Balaban J connectivity index is 2.20. The molecule has 16 heavy (non-hydrogen) atoms. The maximum atomic E-state index is 11.2. The molecule has 1 aromatic carbocycles. The van der Waals surface area contributed by atoms with Gasteiger partial charge in [0.15, 0.2) is 0 Å². The predicted octanol–water partition coefficient (Wildman–Crippen LogP) is 3.11. The lowest BCUT2D eigenvalue weighted by Crippen LogP contribution is -2.35. The maximum Gasteiger partial charge on any atom is 0.272 e. The monoisotopic (exact) mass is 279 g/mol. The third kappa shape index (κ3) is 5.06. The smallest absolute Gasteiger partial charge is 0.272 e. The van der Waals surface area contributed by atoms with Crippen molar-refractivity contribution >= 4 is 40.7 Å². The first-order chi connectivity index (χ1) is 7.50. The lowest BCUT2D eigenvalue weighted by Gasteiger charge is -2.10. The predicted molar refractivity (Wildman–Crippen MR) is 68.1 cm³/mol. The molecule has 0 saturated carbocycles. The van der Waals surface area contributed by atoms with Gasteiger partial charge in [-0.2, -0.15) is 0 Å². The number of nitrogens with one attached hydrogen (secondary N) is 1. The van der Waals surface area contributed by atoms with Crippen LogP contribution in [-0.2, 0) is 11.2 Å². The highest BCUT2D eigenvalue weighted by atomic mass is 35.6. The van der Waals surface area contributed by atoms with Crippen LogP contribution < -0.4 is 5.32 Å². The van der Waals surface area contributed by atoms with Gasteiger partial charge in [0.2, 0.25) is 0 Å². The van der Waals surface area contributed by atoms with Gasteiger partial charge < -0.3 is 5.32 Å². The Hall–Kier alpha value is -0.440. The number of hydrogen-bond acceptors (Lipinski definition) is 1. The molecule has 1 rings (SSSR count). The van der Waals surface area contributed by atoms with Crippen LogP contribution in [0, 0.1) is 0 Å². The van der Waals surface area contributed by atoms with Crippen molar-refractivity contribution in [2.45, 2.75) is 16.6 Å². The van der Waals surface area contributed by atoms with Crippen LogP contribution in [-0.4, -0.2) is 16.2 Å². The Kier molecular flexibility index (Phi) is 5.39. The van der Waals surface area contributed by atoms with E-state index in [1.54, 1.807) is 0 Å². The molecule has 0 bridgehead atoms. The standard InChI is InChI=1S/C11H12Cl3NO/c12-11(13,14)10(16)15-8-4-7-9-5-2-1-3-6-9/h1-3,5-6H,4,7-8H2,(H,15,16). The van der Waals surface area contributed by atoms with Crippen LogP contribution >= 0.6 is 34.8 Å². The number of hydrogen-bond donors (Lipinski definition) is 1. The van der Waals surface area contributed by atoms with E-state index in [0.717, 1.165) is 12.8 Å². The molecule has 0 atom stereocenters. The minimum Gasteiger partial charge on any atom is -0.352 e. The Bertz CT molecular complexity index is 335. The fourth-order valence-electron chi connectivity index (χ4n) is 1.24. The zero-order valence-corrected chi connectivity index (χ0v) is 10.8. The van der Waals surface area contributed by atoms with Gasteiger partial charge in [-0.15, -0.1) is 0 Å². The Morgan fingerprint density at radius 1 is 1.19 bits per heavy atom. The summed E-state index contributed by atoms with van der Waals surface area (Å²) in [6.07, 6.45) is 1.71. The molecule has 0 fully saturated rings. The number of carbonyl (C=O) groups excluding carboxylic acids is 1. The van der Waals surface area contributed by atoms with Crippen molar-refractivity contribution in [3.8, 4) is 0 Å². The number of halogens is 3. The van der Waals surface area contributed by atoms with E-state index in [1.807, 2.05) is 30.3 Å². The highest BCUT2D eigenvalue weighted by Crippen LogP contribution is 2.25. The van der Waals surface area contributed by atoms with E-state index < -0.39 is 9.70 Å². The average molecular weight is 281 g/mol. The lowest BCUT2D eigenvalue weighted by molar-refractivity contribution is -0.120. The number of rotatable bonds is 4. The summed E-state index contributed by atoms with van der Waals surface area (Å²) in [7, 11) is 0. The molecule has 88 valence electrons. The van der Waals surface area contributed by atoms with Crippen LogP contribution in [0.15, 0.2) is 30.3 Å². The van der Waals surface area contributed by atoms with E-state index in [2.05, 4.69) is 5.32 Å². The fraction of sp³-hybridized carbons (Fsp3) is 0.364. The van der Waals surface area contributed by atoms with Crippen LogP contribution in [0.4, 0.5) is 0 Å². The highest BCUT2D eigenvalue weighted by Gasteiger charge is 2.29. The molecule has 0 spiro atoms. The van der Waals surface area contributed by atoms with Crippen molar-refractivity contribution < 1.29 is 4.79 Å². The third-order valence-corrected chi connectivity index (χ3v) is 2.54. The molecule has 1 aromatic rings. The molecule has 0 aliphatic carbocycles. The maximum absolute atomic E-state index is 11.2. The minimum absolute atomic E-state index is 0.502. The van der Waals surface area contributed by atoms with Crippen LogP contribution in [0.25, 0.3) is 0 Å². The number of alkyl halides is 3. The van der Waals surface area contributed by atoms with Gasteiger partial charge >= 0.3 is 0 Å². The molecule has 5 heteroatoms. The largest absolute Gasteiger partial charge is 0.352 e. The van der Waals surface area contributed by atoms with Crippen molar-refractivity contribution in [3.63, 3.8) is 0 Å². The molecule has 0 saturated heterocycles. The zero-order valence-electron chi connectivity index (χ0n) is 8.55. The van der Waals surface area contributed by atoms with E-state index in [9.17, 15) is 4.79 Å². The summed E-state index contributed by atoms with van der Waals surface area (Å²) in [6, 6.07) is 10.0. The van der Waals surface area contributed by atoms with Crippen molar-refractivity contribution in [2.75, 3.05) is 6.54 Å². The molecule has 0 heterocycles. The quantitative estimate of drug-likeness (QED) is 0.666. The van der Waals surface area contributed by atoms with Crippen molar-refractivity contribution in [1.29, 1.82) is 0 Å².